The Balaban J connectivity index is 1.48. The lowest BCUT2D eigenvalue weighted by atomic mass is 9.74. The monoisotopic (exact) mass is 342 g/mol. The van der Waals surface area contributed by atoms with E-state index in [4.69, 9.17) is 4.52 Å². The third-order valence-electron chi connectivity index (χ3n) is 5.52. The number of hydrogen-bond acceptors (Lipinski definition) is 5. The Morgan fingerprint density at radius 3 is 2.96 bits per heavy atom. The Labute approximate surface area is 145 Å². The highest BCUT2D eigenvalue weighted by Crippen LogP contribution is 2.38. The molecule has 1 N–H and O–H groups in total. The number of allylic oxidation sites excluding steroid dienone is 2. The molecule has 0 aromatic carbocycles. The SMILES string of the molecule is O=C(O)C1(Cc2cn(Cc3conc3C3CCC3)nn2)CC=CCC1. The van der Waals surface area contributed by atoms with Crippen LogP contribution in [0.15, 0.2) is 29.1 Å². The van der Waals surface area contributed by atoms with Crippen molar-refractivity contribution in [1.82, 2.24) is 20.2 Å². The molecule has 2 heterocycles. The summed E-state index contributed by atoms with van der Waals surface area (Å²) >= 11 is 0. The van der Waals surface area contributed by atoms with Crippen molar-refractivity contribution in [2.24, 2.45) is 5.41 Å². The van der Waals surface area contributed by atoms with E-state index in [9.17, 15) is 9.90 Å². The molecule has 25 heavy (non-hydrogen) atoms. The van der Waals surface area contributed by atoms with Gasteiger partial charge in [0, 0.05) is 24.1 Å². The van der Waals surface area contributed by atoms with Crippen LogP contribution in [0.3, 0.4) is 0 Å². The predicted molar refractivity (Wildman–Crippen MR) is 89.0 cm³/mol. The molecule has 2 aromatic heterocycles. The van der Waals surface area contributed by atoms with E-state index < -0.39 is 11.4 Å². The highest BCUT2D eigenvalue weighted by atomic mass is 16.5. The number of aliphatic carboxylic acids is 1. The van der Waals surface area contributed by atoms with Gasteiger partial charge < -0.3 is 9.63 Å². The number of nitrogens with zero attached hydrogens (tertiary/aromatic N) is 4. The normalized spacial score (nSPS) is 23.5. The minimum Gasteiger partial charge on any atom is -0.481 e. The average Bonchev–Trinajstić information content (AvgIpc) is 3.17. The van der Waals surface area contributed by atoms with Gasteiger partial charge in [-0.15, -0.1) is 5.10 Å². The molecule has 132 valence electrons. The Morgan fingerprint density at radius 1 is 1.40 bits per heavy atom. The highest BCUT2D eigenvalue weighted by Gasteiger charge is 2.39. The van der Waals surface area contributed by atoms with Crippen molar-refractivity contribution < 1.29 is 14.4 Å². The van der Waals surface area contributed by atoms with Crippen molar-refractivity contribution in [3.8, 4) is 0 Å². The molecule has 0 saturated heterocycles. The maximum atomic E-state index is 11.8. The maximum Gasteiger partial charge on any atom is 0.310 e. The fourth-order valence-corrected chi connectivity index (χ4v) is 3.74. The molecule has 7 nitrogen and oxygen atoms in total. The van der Waals surface area contributed by atoms with Crippen molar-refractivity contribution in [3.05, 3.63) is 41.6 Å². The number of carbonyl (C=O) groups is 1. The van der Waals surface area contributed by atoms with E-state index >= 15 is 0 Å². The molecule has 0 radical (unpaired) electrons. The summed E-state index contributed by atoms with van der Waals surface area (Å²) in [6.07, 6.45) is 13.5. The fraction of sp³-hybridized carbons (Fsp3) is 0.556. The van der Waals surface area contributed by atoms with Gasteiger partial charge in [0.2, 0.25) is 0 Å². The van der Waals surface area contributed by atoms with Crippen LogP contribution in [0.5, 0.6) is 0 Å². The zero-order valence-corrected chi connectivity index (χ0v) is 14.1. The first-order valence-electron chi connectivity index (χ1n) is 8.87. The summed E-state index contributed by atoms with van der Waals surface area (Å²) in [6, 6.07) is 0. The molecular formula is C18H22N4O3. The summed E-state index contributed by atoms with van der Waals surface area (Å²) in [5.74, 6) is -0.251. The minimum atomic E-state index is -0.760. The van der Waals surface area contributed by atoms with Crippen molar-refractivity contribution >= 4 is 5.97 Å². The van der Waals surface area contributed by atoms with E-state index in [1.54, 1.807) is 10.9 Å². The van der Waals surface area contributed by atoms with Gasteiger partial charge in [-0.05, 0) is 32.1 Å². The standard InChI is InChI=1S/C18H22N4O3/c23-17(24)18(7-2-1-3-8-18)9-15-11-22(21-19-15)10-14-12-25-20-16(14)13-5-4-6-13/h1-2,11-13H,3-10H2,(H,23,24). The lowest BCUT2D eigenvalue weighted by molar-refractivity contribution is -0.149. The highest BCUT2D eigenvalue weighted by molar-refractivity contribution is 5.75. The quantitative estimate of drug-likeness (QED) is 0.811. The van der Waals surface area contributed by atoms with E-state index in [0.717, 1.165) is 36.2 Å². The first-order valence-corrected chi connectivity index (χ1v) is 8.87. The van der Waals surface area contributed by atoms with Gasteiger partial charge in [0.05, 0.1) is 23.3 Å². The van der Waals surface area contributed by atoms with Crippen LogP contribution in [-0.4, -0.2) is 31.2 Å². The van der Waals surface area contributed by atoms with Crippen LogP contribution in [0, 0.1) is 5.41 Å². The summed E-state index contributed by atoms with van der Waals surface area (Å²) in [6.45, 7) is 0.558. The number of aromatic nitrogens is 4. The van der Waals surface area contributed by atoms with Crippen LogP contribution >= 0.6 is 0 Å². The molecular weight excluding hydrogens is 320 g/mol. The fourth-order valence-electron chi connectivity index (χ4n) is 3.74. The Kier molecular flexibility index (Phi) is 4.15. The lowest BCUT2D eigenvalue weighted by Crippen LogP contribution is -2.34. The molecule has 2 aliphatic carbocycles. The van der Waals surface area contributed by atoms with E-state index in [1.165, 1.54) is 6.42 Å². The van der Waals surface area contributed by atoms with E-state index in [1.807, 2.05) is 18.3 Å². The largest absolute Gasteiger partial charge is 0.481 e. The second kappa shape index (κ2) is 6.46. The molecule has 1 fully saturated rings. The van der Waals surface area contributed by atoms with Gasteiger partial charge in [0.1, 0.15) is 6.26 Å². The van der Waals surface area contributed by atoms with Crippen LogP contribution in [0.1, 0.15) is 61.4 Å². The maximum absolute atomic E-state index is 11.8. The van der Waals surface area contributed by atoms with E-state index in [2.05, 4.69) is 15.5 Å². The molecule has 7 heteroatoms. The molecule has 0 bridgehead atoms. The lowest BCUT2D eigenvalue weighted by Gasteiger charge is -2.29. The topological polar surface area (TPSA) is 94.0 Å². The molecule has 1 saturated carbocycles. The van der Waals surface area contributed by atoms with Gasteiger partial charge in [-0.2, -0.15) is 0 Å². The number of hydrogen-bond donors (Lipinski definition) is 1. The number of carboxylic acids is 1. The molecule has 4 rings (SSSR count). The van der Waals surface area contributed by atoms with Crippen LogP contribution in [-0.2, 0) is 17.8 Å². The van der Waals surface area contributed by atoms with Crippen molar-refractivity contribution in [2.45, 2.75) is 57.4 Å². The first-order chi connectivity index (χ1) is 12.2. The van der Waals surface area contributed by atoms with E-state index in [-0.39, 0.29) is 0 Å². The van der Waals surface area contributed by atoms with Gasteiger partial charge in [-0.25, -0.2) is 4.68 Å². The molecule has 2 aromatic rings. The van der Waals surface area contributed by atoms with Crippen LogP contribution in [0.25, 0.3) is 0 Å². The van der Waals surface area contributed by atoms with Crippen LogP contribution in [0.4, 0.5) is 0 Å². The zero-order chi connectivity index (χ0) is 17.3. The van der Waals surface area contributed by atoms with Gasteiger partial charge in [0.15, 0.2) is 0 Å². The van der Waals surface area contributed by atoms with Crippen molar-refractivity contribution in [2.75, 3.05) is 0 Å². The smallest absolute Gasteiger partial charge is 0.310 e. The predicted octanol–water partition coefficient (Wildman–Crippen LogP) is 2.94. The number of carboxylic acid groups (broad SMARTS) is 1. The molecule has 1 atom stereocenters. The minimum absolute atomic E-state index is 0.409. The molecule has 0 spiro atoms. The van der Waals surface area contributed by atoms with Gasteiger partial charge in [-0.1, -0.05) is 28.9 Å². The van der Waals surface area contributed by atoms with Gasteiger partial charge in [-0.3, -0.25) is 4.79 Å². The molecule has 0 aliphatic heterocycles. The summed E-state index contributed by atoms with van der Waals surface area (Å²) in [7, 11) is 0. The third-order valence-corrected chi connectivity index (χ3v) is 5.52. The zero-order valence-electron chi connectivity index (χ0n) is 14.1. The second-order valence-corrected chi connectivity index (χ2v) is 7.24. The molecule has 2 aliphatic rings. The second-order valence-electron chi connectivity index (χ2n) is 7.24. The summed E-state index contributed by atoms with van der Waals surface area (Å²) in [4.78, 5) is 11.8. The van der Waals surface area contributed by atoms with Crippen molar-refractivity contribution in [3.63, 3.8) is 0 Å². The molecule has 1 unspecified atom stereocenters. The Bertz CT molecular complexity index is 790. The first kappa shape index (κ1) is 16.1. The van der Waals surface area contributed by atoms with Gasteiger partial charge in [0.25, 0.3) is 0 Å². The van der Waals surface area contributed by atoms with Crippen LogP contribution in [0.2, 0.25) is 0 Å². The number of rotatable bonds is 6. The van der Waals surface area contributed by atoms with E-state index in [0.29, 0.717) is 31.7 Å². The van der Waals surface area contributed by atoms with Crippen LogP contribution < -0.4 is 0 Å². The summed E-state index contributed by atoms with van der Waals surface area (Å²) in [5, 5.41) is 22.2. The Hall–Kier alpha value is -2.44. The Morgan fingerprint density at radius 2 is 2.28 bits per heavy atom. The van der Waals surface area contributed by atoms with Gasteiger partial charge >= 0.3 is 5.97 Å². The summed E-state index contributed by atoms with van der Waals surface area (Å²) in [5.41, 5.74) is 2.03. The third kappa shape index (κ3) is 3.10. The average molecular weight is 342 g/mol. The molecule has 0 amide bonds. The van der Waals surface area contributed by atoms with Crippen molar-refractivity contribution in [1.29, 1.82) is 0 Å². The summed E-state index contributed by atoms with van der Waals surface area (Å²) < 4.78 is 6.90.